The zero-order valence-electron chi connectivity index (χ0n) is 17.2. The minimum atomic E-state index is -4.66. The highest BCUT2D eigenvalue weighted by Gasteiger charge is 2.34. The highest BCUT2D eigenvalue weighted by atomic mass is 35.5. The molecule has 2 aromatic carbocycles. The highest BCUT2D eigenvalue weighted by Crippen LogP contribution is 2.36. The second-order valence-corrected chi connectivity index (χ2v) is 7.94. The Bertz CT molecular complexity index is 994. The van der Waals surface area contributed by atoms with Crippen LogP contribution in [0.4, 0.5) is 24.5 Å². The number of anilines is 1. The zero-order valence-corrected chi connectivity index (χ0v) is 18.0. The Balaban J connectivity index is 1.59. The molecule has 1 aliphatic rings. The lowest BCUT2D eigenvalue weighted by Gasteiger charge is -2.35. The number of nitro benzene ring substituents is 1. The summed E-state index contributed by atoms with van der Waals surface area (Å²) < 4.78 is 38.7. The second kappa shape index (κ2) is 9.74. The fourth-order valence-electron chi connectivity index (χ4n) is 3.65. The predicted octanol–water partition coefficient (Wildman–Crippen LogP) is 4.27. The van der Waals surface area contributed by atoms with Crippen LogP contribution in [-0.4, -0.2) is 48.5 Å². The summed E-state index contributed by atoms with van der Waals surface area (Å²) in [6, 6.07) is 9.50. The Kier molecular flexibility index (Phi) is 7.25. The maximum Gasteiger partial charge on any atom is 0.416 e. The lowest BCUT2D eigenvalue weighted by Crippen LogP contribution is -2.49. The lowest BCUT2D eigenvalue weighted by molar-refractivity contribution is -0.384. The number of nitrogens with zero attached hydrogens (tertiary/aromatic N) is 3. The Hall–Kier alpha value is -2.85. The van der Waals surface area contributed by atoms with Gasteiger partial charge < -0.3 is 10.2 Å². The number of carbonyl (C=O) groups excluding carboxylic acids is 1. The van der Waals surface area contributed by atoms with E-state index in [1.165, 1.54) is 0 Å². The molecule has 0 aliphatic carbocycles. The molecule has 0 radical (unpaired) electrons. The largest absolute Gasteiger partial charge is 0.416 e. The molecule has 1 fully saturated rings. The van der Waals surface area contributed by atoms with Crippen molar-refractivity contribution in [2.24, 2.45) is 0 Å². The molecule has 1 unspecified atom stereocenters. The van der Waals surface area contributed by atoms with E-state index in [4.69, 9.17) is 11.6 Å². The first kappa shape index (κ1) is 23.8. The number of alkyl halides is 3. The van der Waals surface area contributed by atoms with Gasteiger partial charge in [-0.2, -0.15) is 13.2 Å². The van der Waals surface area contributed by atoms with Gasteiger partial charge in [-0.1, -0.05) is 29.8 Å². The highest BCUT2D eigenvalue weighted by molar-refractivity contribution is 6.31. The van der Waals surface area contributed by atoms with E-state index in [0.717, 1.165) is 17.7 Å². The van der Waals surface area contributed by atoms with Crippen molar-refractivity contribution in [1.82, 2.24) is 10.2 Å². The van der Waals surface area contributed by atoms with E-state index in [1.54, 1.807) is 17.0 Å². The number of rotatable bonds is 6. The van der Waals surface area contributed by atoms with Gasteiger partial charge in [-0.25, -0.2) is 0 Å². The van der Waals surface area contributed by atoms with Crippen molar-refractivity contribution in [2.75, 3.05) is 37.6 Å². The van der Waals surface area contributed by atoms with E-state index in [0.29, 0.717) is 37.3 Å². The van der Waals surface area contributed by atoms with Crippen molar-refractivity contribution in [3.8, 4) is 0 Å². The molecule has 1 saturated heterocycles. The van der Waals surface area contributed by atoms with Crippen molar-refractivity contribution in [3.05, 3.63) is 68.7 Å². The van der Waals surface area contributed by atoms with E-state index in [-0.39, 0.29) is 24.2 Å². The van der Waals surface area contributed by atoms with Gasteiger partial charge in [0.25, 0.3) is 5.69 Å². The fourth-order valence-corrected chi connectivity index (χ4v) is 3.95. The molecular formula is C21H22ClF3N4O3. The van der Waals surface area contributed by atoms with Gasteiger partial charge in [0.2, 0.25) is 5.91 Å². The molecule has 0 aromatic heterocycles. The molecule has 11 heteroatoms. The van der Waals surface area contributed by atoms with Crippen molar-refractivity contribution in [3.63, 3.8) is 0 Å². The van der Waals surface area contributed by atoms with E-state index < -0.39 is 22.4 Å². The minimum absolute atomic E-state index is 0.137. The molecular weight excluding hydrogens is 449 g/mol. The maximum atomic E-state index is 12.9. The molecule has 7 nitrogen and oxygen atoms in total. The van der Waals surface area contributed by atoms with Crippen LogP contribution >= 0.6 is 11.6 Å². The number of nitro groups is 1. The smallest absolute Gasteiger partial charge is 0.363 e. The standard InChI is InChI=1S/C21H22ClF3N4O3/c1-14(16-4-2-3-5-17(16)22)26-20(30)13-27-8-10-28(11-9-27)18-7-6-15(21(23,24)25)12-19(18)29(31)32/h2-7,12,14H,8-11,13H2,1H3,(H,26,30). The molecule has 2 aromatic rings. The summed E-state index contributed by atoms with van der Waals surface area (Å²) in [5, 5.41) is 14.8. The first-order valence-corrected chi connectivity index (χ1v) is 10.3. The molecule has 172 valence electrons. The van der Waals surface area contributed by atoms with Crippen LogP contribution in [0.1, 0.15) is 24.1 Å². The third-order valence-electron chi connectivity index (χ3n) is 5.33. The Morgan fingerprint density at radius 1 is 1.19 bits per heavy atom. The number of hydrogen-bond acceptors (Lipinski definition) is 5. The number of nitrogens with one attached hydrogen (secondary N) is 1. The molecule has 1 aliphatic heterocycles. The van der Waals surface area contributed by atoms with Crippen LogP contribution < -0.4 is 10.2 Å². The van der Waals surface area contributed by atoms with E-state index in [2.05, 4.69) is 5.32 Å². The number of amides is 1. The molecule has 0 saturated carbocycles. The minimum Gasteiger partial charge on any atom is -0.363 e. The van der Waals surface area contributed by atoms with Gasteiger partial charge in [0, 0.05) is 37.3 Å². The number of hydrogen-bond donors (Lipinski definition) is 1. The average molecular weight is 471 g/mol. The average Bonchev–Trinajstić information content (AvgIpc) is 2.73. The molecule has 1 N–H and O–H groups in total. The molecule has 3 rings (SSSR count). The number of halogens is 4. The summed E-state index contributed by atoms with van der Waals surface area (Å²) in [5.41, 5.74) is -0.697. The molecule has 1 amide bonds. The first-order valence-electron chi connectivity index (χ1n) is 9.93. The van der Waals surface area contributed by atoms with E-state index in [9.17, 15) is 28.1 Å². The van der Waals surface area contributed by atoms with Gasteiger partial charge in [0.1, 0.15) is 5.69 Å². The number of carbonyl (C=O) groups is 1. The molecule has 1 atom stereocenters. The maximum absolute atomic E-state index is 12.9. The Morgan fingerprint density at radius 3 is 2.44 bits per heavy atom. The van der Waals surface area contributed by atoms with Crippen molar-refractivity contribution in [2.45, 2.75) is 19.1 Å². The molecule has 32 heavy (non-hydrogen) atoms. The van der Waals surface area contributed by atoms with Crippen molar-refractivity contribution < 1.29 is 22.9 Å². The summed E-state index contributed by atoms with van der Waals surface area (Å²) in [7, 11) is 0. The van der Waals surface area contributed by atoms with Gasteiger partial charge in [-0.15, -0.1) is 0 Å². The third-order valence-corrected chi connectivity index (χ3v) is 5.67. The summed E-state index contributed by atoms with van der Waals surface area (Å²) in [4.78, 5) is 26.5. The summed E-state index contributed by atoms with van der Waals surface area (Å²) in [6.45, 7) is 3.54. The number of benzene rings is 2. The molecule has 1 heterocycles. The summed E-state index contributed by atoms with van der Waals surface area (Å²) >= 11 is 6.16. The second-order valence-electron chi connectivity index (χ2n) is 7.53. The normalized spacial score (nSPS) is 16.0. The van der Waals surface area contributed by atoms with Gasteiger partial charge in [-0.05, 0) is 30.7 Å². The van der Waals surface area contributed by atoms with Gasteiger partial charge >= 0.3 is 6.18 Å². The van der Waals surface area contributed by atoms with Crippen LogP contribution in [0.3, 0.4) is 0 Å². The fraction of sp³-hybridized carbons (Fsp3) is 0.381. The predicted molar refractivity (Wildman–Crippen MR) is 115 cm³/mol. The summed E-state index contributed by atoms with van der Waals surface area (Å²) in [5.74, 6) is -0.189. The van der Waals surface area contributed by atoms with Gasteiger partial charge in [-0.3, -0.25) is 19.8 Å². The summed E-state index contributed by atoms with van der Waals surface area (Å²) in [6.07, 6.45) is -4.66. The van der Waals surface area contributed by atoms with Crippen LogP contribution in [0.25, 0.3) is 0 Å². The topological polar surface area (TPSA) is 78.7 Å². The first-order chi connectivity index (χ1) is 15.1. The Morgan fingerprint density at radius 2 is 1.84 bits per heavy atom. The van der Waals surface area contributed by atoms with Crippen molar-refractivity contribution >= 4 is 28.9 Å². The lowest BCUT2D eigenvalue weighted by atomic mass is 10.1. The van der Waals surface area contributed by atoms with Crippen LogP contribution in [0.2, 0.25) is 5.02 Å². The van der Waals surface area contributed by atoms with Crippen LogP contribution in [0, 0.1) is 10.1 Å². The third kappa shape index (κ3) is 5.68. The quantitative estimate of drug-likeness (QED) is 0.504. The van der Waals surface area contributed by atoms with E-state index >= 15 is 0 Å². The zero-order chi connectivity index (χ0) is 23.5. The van der Waals surface area contributed by atoms with Crippen LogP contribution in [0.15, 0.2) is 42.5 Å². The molecule has 0 spiro atoms. The SMILES string of the molecule is CC(NC(=O)CN1CCN(c2ccc(C(F)(F)F)cc2[N+](=O)[O-])CC1)c1ccccc1Cl. The molecule has 0 bridgehead atoms. The number of piperazine rings is 1. The van der Waals surface area contributed by atoms with Crippen molar-refractivity contribution in [1.29, 1.82) is 0 Å². The van der Waals surface area contributed by atoms with Crippen LogP contribution in [-0.2, 0) is 11.0 Å². The van der Waals surface area contributed by atoms with Gasteiger partial charge in [0.05, 0.1) is 23.1 Å². The van der Waals surface area contributed by atoms with E-state index in [1.807, 2.05) is 24.0 Å². The monoisotopic (exact) mass is 470 g/mol. The Labute approximate surface area is 187 Å². The van der Waals surface area contributed by atoms with Gasteiger partial charge in [0.15, 0.2) is 0 Å². The van der Waals surface area contributed by atoms with Crippen LogP contribution in [0.5, 0.6) is 0 Å².